The van der Waals surface area contributed by atoms with Crippen LogP contribution in [-0.4, -0.2) is 75.0 Å². The molecule has 0 unspecified atom stereocenters. The maximum absolute atomic E-state index is 4.68. The summed E-state index contributed by atoms with van der Waals surface area (Å²) < 4.78 is 0. The summed E-state index contributed by atoms with van der Waals surface area (Å²) in [5.41, 5.74) is 0. The SMILES string of the molecule is CN(C)C(=NCCN(C)C1CCCCC1)N(C)C. The van der Waals surface area contributed by atoms with E-state index in [-0.39, 0.29) is 0 Å². The average molecular weight is 254 g/mol. The summed E-state index contributed by atoms with van der Waals surface area (Å²) in [6, 6.07) is 0.788. The van der Waals surface area contributed by atoms with Crippen molar-refractivity contribution in [3.8, 4) is 0 Å². The second-order valence-corrected chi connectivity index (χ2v) is 5.74. The molecule has 4 nitrogen and oxygen atoms in total. The van der Waals surface area contributed by atoms with E-state index < -0.39 is 0 Å². The average Bonchev–Trinajstić information content (AvgIpc) is 2.34. The smallest absolute Gasteiger partial charge is 0.195 e. The van der Waals surface area contributed by atoms with E-state index in [0.29, 0.717) is 0 Å². The lowest BCUT2D eigenvalue weighted by atomic mass is 9.94. The van der Waals surface area contributed by atoms with Gasteiger partial charge >= 0.3 is 0 Å². The van der Waals surface area contributed by atoms with Gasteiger partial charge in [0.05, 0.1) is 6.54 Å². The van der Waals surface area contributed by atoms with Gasteiger partial charge in [-0.3, -0.25) is 4.99 Å². The first kappa shape index (κ1) is 15.3. The van der Waals surface area contributed by atoms with Crippen LogP contribution in [0.1, 0.15) is 32.1 Å². The topological polar surface area (TPSA) is 22.1 Å². The zero-order valence-electron chi connectivity index (χ0n) is 12.8. The number of guanidine groups is 1. The van der Waals surface area contributed by atoms with Gasteiger partial charge < -0.3 is 14.7 Å². The molecular formula is C14H30N4. The third-order valence-corrected chi connectivity index (χ3v) is 3.70. The van der Waals surface area contributed by atoms with E-state index in [1.807, 2.05) is 28.2 Å². The highest BCUT2D eigenvalue weighted by atomic mass is 15.3. The second-order valence-electron chi connectivity index (χ2n) is 5.74. The summed E-state index contributed by atoms with van der Waals surface area (Å²) in [5.74, 6) is 1.05. The maximum atomic E-state index is 4.68. The molecule has 0 aromatic rings. The molecule has 106 valence electrons. The fraction of sp³-hybridized carbons (Fsp3) is 0.929. The Morgan fingerprint density at radius 2 is 1.50 bits per heavy atom. The van der Waals surface area contributed by atoms with E-state index in [9.17, 15) is 0 Å². The maximum Gasteiger partial charge on any atom is 0.195 e. The van der Waals surface area contributed by atoms with E-state index in [4.69, 9.17) is 0 Å². The third kappa shape index (κ3) is 4.84. The molecule has 0 heterocycles. The Bertz CT molecular complexity index is 245. The number of nitrogens with zero attached hydrogens (tertiary/aromatic N) is 4. The standard InChI is InChI=1S/C14H30N4/c1-16(2)14(17(3)4)15-11-12-18(5)13-9-7-6-8-10-13/h13H,6-12H2,1-5H3. The molecule has 0 N–H and O–H groups in total. The van der Waals surface area contributed by atoms with Crippen LogP contribution in [0.15, 0.2) is 4.99 Å². The van der Waals surface area contributed by atoms with Crippen molar-refractivity contribution in [2.45, 2.75) is 38.1 Å². The Morgan fingerprint density at radius 1 is 0.944 bits per heavy atom. The van der Waals surface area contributed by atoms with Crippen LogP contribution in [0.25, 0.3) is 0 Å². The molecule has 0 atom stereocenters. The number of aliphatic imine (C=N–C) groups is 1. The zero-order chi connectivity index (χ0) is 13.5. The molecule has 0 bridgehead atoms. The van der Waals surface area contributed by atoms with Crippen LogP contribution < -0.4 is 0 Å². The van der Waals surface area contributed by atoms with Gasteiger partial charge in [0, 0.05) is 40.8 Å². The fourth-order valence-electron chi connectivity index (χ4n) is 2.69. The van der Waals surface area contributed by atoms with Crippen molar-refractivity contribution in [3.05, 3.63) is 0 Å². The van der Waals surface area contributed by atoms with Gasteiger partial charge in [-0.1, -0.05) is 19.3 Å². The van der Waals surface area contributed by atoms with Crippen LogP contribution in [0.4, 0.5) is 0 Å². The van der Waals surface area contributed by atoms with E-state index in [2.05, 4.69) is 26.7 Å². The molecule has 0 amide bonds. The summed E-state index contributed by atoms with van der Waals surface area (Å²) in [4.78, 5) is 11.3. The van der Waals surface area contributed by atoms with E-state index in [1.165, 1.54) is 32.1 Å². The minimum Gasteiger partial charge on any atom is -0.349 e. The van der Waals surface area contributed by atoms with Crippen molar-refractivity contribution in [3.63, 3.8) is 0 Å². The summed E-state index contributed by atoms with van der Waals surface area (Å²) >= 11 is 0. The normalized spacial score (nSPS) is 16.8. The van der Waals surface area contributed by atoms with Gasteiger partial charge in [-0.05, 0) is 19.9 Å². The first-order valence-corrected chi connectivity index (χ1v) is 7.11. The molecule has 0 aromatic carbocycles. The van der Waals surface area contributed by atoms with Crippen LogP contribution in [0.3, 0.4) is 0 Å². The Labute approximate surface area is 113 Å². The minimum atomic E-state index is 0.788. The largest absolute Gasteiger partial charge is 0.349 e. The number of hydrogen-bond donors (Lipinski definition) is 0. The molecule has 0 spiro atoms. The van der Waals surface area contributed by atoms with Gasteiger partial charge in [0.2, 0.25) is 0 Å². The highest BCUT2D eigenvalue weighted by Crippen LogP contribution is 2.21. The van der Waals surface area contributed by atoms with Crippen molar-refractivity contribution in [1.29, 1.82) is 0 Å². The molecule has 0 radical (unpaired) electrons. The lowest BCUT2D eigenvalue weighted by molar-refractivity contribution is 0.196. The van der Waals surface area contributed by atoms with E-state index in [0.717, 1.165) is 25.1 Å². The third-order valence-electron chi connectivity index (χ3n) is 3.70. The van der Waals surface area contributed by atoms with E-state index >= 15 is 0 Å². The second kappa shape index (κ2) is 7.62. The fourth-order valence-corrected chi connectivity index (χ4v) is 2.69. The molecule has 0 saturated heterocycles. The van der Waals surface area contributed by atoms with Crippen LogP contribution in [0.2, 0.25) is 0 Å². The summed E-state index contributed by atoms with van der Waals surface area (Å²) in [7, 11) is 10.4. The number of hydrogen-bond acceptors (Lipinski definition) is 2. The van der Waals surface area contributed by atoms with E-state index in [1.54, 1.807) is 0 Å². The predicted octanol–water partition coefficient (Wildman–Crippen LogP) is 1.73. The van der Waals surface area contributed by atoms with Crippen LogP contribution >= 0.6 is 0 Å². The van der Waals surface area contributed by atoms with Gasteiger partial charge in [0.25, 0.3) is 0 Å². The first-order valence-electron chi connectivity index (χ1n) is 7.11. The lowest BCUT2D eigenvalue weighted by Crippen LogP contribution is -2.38. The number of likely N-dealkylation sites (N-methyl/N-ethyl adjacent to an activating group) is 1. The molecule has 1 saturated carbocycles. The van der Waals surface area contributed by atoms with Crippen molar-refractivity contribution in [2.24, 2.45) is 4.99 Å². The molecule has 18 heavy (non-hydrogen) atoms. The van der Waals surface area contributed by atoms with Crippen LogP contribution in [-0.2, 0) is 0 Å². The summed E-state index contributed by atoms with van der Waals surface area (Å²) in [6.07, 6.45) is 6.97. The lowest BCUT2D eigenvalue weighted by Gasteiger charge is -2.31. The molecule has 0 aliphatic heterocycles. The quantitative estimate of drug-likeness (QED) is 0.563. The Kier molecular flexibility index (Phi) is 6.47. The van der Waals surface area contributed by atoms with Crippen molar-refractivity contribution in [1.82, 2.24) is 14.7 Å². The molecular weight excluding hydrogens is 224 g/mol. The van der Waals surface area contributed by atoms with Gasteiger partial charge in [0.1, 0.15) is 0 Å². The summed E-state index contributed by atoms with van der Waals surface area (Å²) in [5, 5.41) is 0. The van der Waals surface area contributed by atoms with Gasteiger partial charge in [-0.15, -0.1) is 0 Å². The Balaban J connectivity index is 2.36. The summed E-state index contributed by atoms with van der Waals surface area (Å²) in [6.45, 7) is 1.95. The predicted molar refractivity (Wildman–Crippen MR) is 79.2 cm³/mol. The van der Waals surface area contributed by atoms with Gasteiger partial charge in [0.15, 0.2) is 5.96 Å². The monoisotopic (exact) mass is 254 g/mol. The van der Waals surface area contributed by atoms with Crippen LogP contribution in [0.5, 0.6) is 0 Å². The van der Waals surface area contributed by atoms with Gasteiger partial charge in [-0.2, -0.15) is 0 Å². The highest BCUT2D eigenvalue weighted by molar-refractivity contribution is 5.79. The van der Waals surface area contributed by atoms with Crippen molar-refractivity contribution in [2.75, 3.05) is 48.3 Å². The van der Waals surface area contributed by atoms with Crippen molar-refractivity contribution >= 4 is 5.96 Å². The minimum absolute atomic E-state index is 0.788. The number of rotatable bonds is 4. The molecule has 1 rings (SSSR count). The zero-order valence-corrected chi connectivity index (χ0v) is 12.8. The molecule has 4 heteroatoms. The molecule has 1 aliphatic rings. The molecule has 1 fully saturated rings. The molecule has 0 aromatic heterocycles. The molecule has 1 aliphatic carbocycles. The first-order chi connectivity index (χ1) is 8.52. The Morgan fingerprint density at radius 3 is 2.00 bits per heavy atom. The Hall–Kier alpha value is -0.770. The highest BCUT2D eigenvalue weighted by Gasteiger charge is 2.17. The van der Waals surface area contributed by atoms with Crippen LogP contribution in [0, 0.1) is 0 Å². The van der Waals surface area contributed by atoms with Gasteiger partial charge in [-0.25, -0.2) is 0 Å². The van der Waals surface area contributed by atoms with Crippen molar-refractivity contribution < 1.29 is 0 Å².